The molecule has 6 rings (SSSR count). The number of hydrogen-bond acceptors (Lipinski definition) is 13. The molecule has 3 aromatic heterocycles. The van der Waals surface area contributed by atoms with E-state index in [1.165, 1.54) is 61.1 Å². The van der Waals surface area contributed by atoms with Crippen LogP contribution in [0.15, 0.2) is 97.9 Å². The Labute approximate surface area is 394 Å². The second-order valence-electron chi connectivity index (χ2n) is 13.4. The molecule has 3 aromatic carbocycles. The first kappa shape index (κ1) is 52.9. The van der Waals surface area contributed by atoms with E-state index in [1.807, 2.05) is 13.8 Å². The molecule has 0 amide bonds. The molecule has 0 saturated carbocycles. The zero-order valence-corrected chi connectivity index (χ0v) is 39.8. The van der Waals surface area contributed by atoms with Crippen molar-refractivity contribution in [3.8, 4) is 0 Å². The largest absolute Gasteiger partial charge is 0.370 e. The number of pyridine rings is 3. The van der Waals surface area contributed by atoms with Crippen LogP contribution in [0.5, 0.6) is 0 Å². The molecule has 13 N–H and O–H groups in total. The van der Waals surface area contributed by atoms with Crippen LogP contribution in [-0.4, -0.2) is 88.3 Å². The lowest BCUT2D eigenvalue weighted by Gasteiger charge is -2.10. The van der Waals surface area contributed by atoms with Crippen LogP contribution in [-0.2, 0) is 30.1 Å². The third-order valence-electron chi connectivity index (χ3n) is 8.52. The maximum absolute atomic E-state index is 12.3. The molecule has 350 valence electrons. The van der Waals surface area contributed by atoms with Crippen molar-refractivity contribution in [1.29, 1.82) is 0 Å². The minimum Gasteiger partial charge on any atom is -0.370 e. The van der Waals surface area contributed by atoms with Gasteiger partial charge in [0.2, 0.25) is 30.1 Å². The molecule has 0 aliphatic rings. The predicted octanol–water partition coefficient (Wildman–Crippen LogP) is 4.48. The van der Waals surface area contributed by atoms with Gasteiger partial charge in [0.15, 0.2) is 29.8 Å². The molecule has 0 aliphatic heterocycles. The van der Waals surface area contributed by atoms with Crippen molar-refractivity contribution >= 4 is 132 Å². The van der Waals surface area contributed by atoms with Crippen molar-refractivity contribution in [3.63, 3.8) is 0 Å². The number of nitrogens with two attached hydrogens (primary N) is 4. The lowest BCUT2D eigenvalue weighted by Crippen LogP contribution is -2.27. The van der Waals surface area contributed by atoms with Gasteiger partial charge in [0, 0.05) is 77.0 Å². The highest BCUT2D eigenvalue weighted by Crippen LogP contribution is 2.33. The highest BCUT2D eigenvalue weighted by molar-refractivity contribution is 7.90. The average molecular weight is 1030 g/mol. The first-order valence-electron chi connectivity index (χ1n) is 19.0. The highest BCUT2D eigenvalue weighted by Gasteiger charge is 2.19. The maximum Gasteiger partial charge on any atom is 0.240 e. The zero-order valence-electron chi connectivity index (χ0n) is 34.4. The third kappa shape index (κ3) is 14.4. The summed E-state index contributed by atoms with van der Waals surface area (Å²) < 4.78 is 80.2. The van der Waals surface area contributed by atoms with Gasteiger partial charge in [0.25, 0.3) is 0 Å². The van der Waals surface area contributed by atoms with E-state index < -0.39 is 36.4 Å². The fourth-order valence-corrected chi connectivity index (χ4v) is 9.71. The summed E-state index contributed by atoms with van der Waals surface area (Å²) in [6, 6.07) is 13.4. The van der Waals surface area contributed by atoms with Crippen LogP contribution < -0.4 is 37.1 Å². The molecular weight excluding hydrogens is 991 g/mol. The van der Waals surface area contributed by atoms with E-state index in [0.717, 1.165) is 6.42 Å². The smallest absolute Gasteiger partial charge is 0.240 e. The second-order valence-corrected chi connectivity index (χ2v) is 20.3. The molecule has 3 heterocycles. The predicted molar refractivity (Wildman–Crippen MR) is 255 cm³/mol. The monoisotopic (exact) mass is 1030 g/mol. The fourth-order valence-electron chi connectivity index (χ4n) is 5.47. The third-order valence-corrected chi connectivity index (χ3v) is 14.1. The molecule has 27 heteroatoms. The summed E-state index contributed by atoms with van der Waals surface area (Å²) in [5.41, 5.74) is 21.4. The van der Waals surface area contributed by atoms with Crippen LogP contribution in [0, 0.1) is 0 Å². The molecule has 0 saturated heterocycles. The van der Waals surface area contributed by atoms with Crippen molar-refractivity contribution in [2.75, 3.05) is 19.6 Å². The molecule has 6 aromatic rings. The van der Waals surface area contributed by atoms with Gasteiger partial charge in [-0.2, -0.15) is 9.98 Å². The van der Waals surface area contributed by atoms with E-state index in [0.29, 0.717) is 66.9 Å². The average Bonchev–Trinajstić information content (AvgIpc) is 3.25. The van der Waals surface area contributed by atoms with Crippen molar-refractivity contribution in [2.45, 2.75) is 54.1 Å². The van der Waals surface area contributed by atoms with Gasteiger partial charge < -0.3 is 33.1 Å². The number of rotatable bonds is 15. The standard InChI is InChI=1S/C13H16ClN5O4S.C13H16ClN5O2S.C12H12Cl2N2O2S/c14-10-6-17-12(19-13(15)16)9-5-7(1-2-8(9)10)24(22,23)18-4-3-11(20)21;1-2-5-18-22(20,21)8-3-4-9-10(6-8)12(19-13(15)16)17-7-11(9)14;1-2-5-16-19(17,18)8-3-4-9-10(6-8)12(14)15-7-11(9)13/h1-2,5-6,11,18,20-21H,3-4H2,(H4,15,16,17,19);3-4,6-7,18H,2,5H2,1H3,(H4,15,16,17,19);3-4,6-7,16H,2,5H2,1H3. The summed E-state index contributed by atoms with van der Waals surface area (Å²) in [7, 11) is -11.0. The van der Waals surface area contributed by atoms with E-state index in [1.54, 1.807) is 12.1 Å². The molecule has 0 unspecified atom stereocenters. The summed E-state index contributed by atoms with van der Waals surface area (Å²) in [6.07, 6.45) is 3.90. The number of aromatic nitrogens is 3. The number of sulfonamides is 3. The zero-order chi connectivity index (χ0) is 48.3. The molecule has 0 spiro atoms. The van der Waals surface area contributed by atoms with Gasteiger partial charge in [0.05, 0.1) is 29.8 Å². The summed E-state index contributed by atoms with van der Waals surface area (Å²) >= 11 is 24.1. The van der Waals surface area contributed by atoms with E-state index >= 15 is 0 Å². The quantitative estimate of drug-likeness (QED) is 0.0296. The van der Waals surface area contributed by atoms with Gasteiger partial charge in [-0.3, -0.25) is 0 Å². The highest BCUT2D eigenvalue weighted by atomic mass is 35.5. The van der Waals surface area contributed by atoms with Gasteiger partial charge in [-0.25, -0.2) is 54.4 Å². The second kappa shape index (κ2) is 23.1. The Balaban J connectivity index is 0.000000215. The molecule has 0 atom stereocenters. The van der Waals surface area contributed by atoms with E-state index in [9.17, 15) is 25.3 Å². The number of halogens is 4. The van der Waals surface area contributed by atoms with E-state index in [4.69, 9.17) is 79.6 Å². The number of aliphatic hydroxyl groups excluding tert-OH is 1. The Morgan fingerprint density at radius 1 is 0.554 bits per heavy atom. The topological polar surface area (TPSA) is 346 Å². The van der Waals surface area contributed by atoms with Crippen LogP contribution >= 0.6 is 46.4 Å². The number of nitrogens with zero attached hydrogens (tertiary/aromatic N) is 5. The molecule has 0 bridgehead atoms. The number of fused-ring (bicyclic) bond motifs is 3. The van der Waals surface area contributed by atoms with Crippen molar-refractivity contribution in [2.24, 2.45) is 32.9 Å². The van der Waals surface area contributed by atoms with Crippen LogP contribution in [0.3, 0.4) is 0 Å². The first-order chi connectivity index (χ1) is 30.5. The van der Waals surface area contributed by atoms with Gasteiger partial charge in [-0.15, -0.1) is 0 Å². The SMILES string of the molecule is CCCNS(=O)(=O)c1ccc2c(Cl)cnc(Cl)c2c1.CCCNS(=O)(=O)c1ccc2c(Cl)cnc(N=C(N)N)c2c1.NC(N)=Nc1ncc(Cl)c2ccc(S(=O)(=O)NCCC(O)O)cc12. The number of benzene rings is 3. The number of hydrogen-bond donors (Lipinski definition) is 9. The number of nitrogens with one attached hydrogen (secondary N) is 3. The fraction of sp³-hybridized carbons (Fsp3) is 0.237. The maximum atomic E-state index is 12.3. The Morgan fingerprint density at radius 2 is 0.892 bits per heavy atom. The number of aliphatic hydroxyl groups is 2. The van der Waals surface area contributed by atoms with Crippen molar-refractivity contribution in [1.82, 2.24) is 29.1 Å². The summed E-state index contributed by atoms with van der Waals surface area (Å²) in [5.74, 6) is -0.0490. The number of guanidine groups is 2. The Bertz CT molecular complexity index is 3090. The molecule has 0 radical (unpaired) electrons. The molecule has 0 fully saturated rings. The molecule has 65 heavy (non-hydrogen) atoms. The van der Waals surface area contributed by atoms with Crippen molar-refractivity contribution < 1.29 is 35.5 Å². The summed E-state index contributed by atoms with van der Waals surface area (Å²) in [4.78, 5) is 19.9. The van der Waals surface area contributed by atoms with Gasteiger partial charge >= 0.3 is 0 Å². The van der Waals surface area contributed by atoms with Gasteiger partial charge in [0.1, 0.15) is 5.15 Å². The first-order valence-corrected chi connectivity index (χ1v) is 24.9. The Hall–Kier alpha value is -4.76. The molecule has 0 aliphatic carbocycles. The van der Waals surface area contributed by atoms with Gasteiger partial charge in [-0.05, 0) is 49.2 Å². The van der Waals surface area contributed by atoms with Crippen LogP contribution in [0.2, 0.25) is 20.2 Å². The Kier molecular flexibility index (Phi) is 18.8. The van der Waals surface area contributed by atoms with E-state index in [-0.39, 0.29) is 56.4 Å². The normalized spacial score (nSPS) is 11.8. The minimum absolute atomic E-state index is 0.0569. The number of aliphatic imine (C=N–C) groups is 2. The molecular formula is C38H44Cl4N12O8S3. The lowest BCUT2D eigenvalue weighted by atomic mass is 10.1. The molecule has 20 nitrogen and oxygen atoms in total. The summed E-state index contributed by atoms with van der Waals surface area (Å²) in [6.45, 7) is 4.39. The minimum atomic E-state index is -3.86. The van der Waals surface area contributed by atoms with E-state index in [2.05, 4.69) is 39.1 Å². The van der Waals surface area contributed by atoms with Crippen LogP contribution in [0.1, 0.15) is 33.1 Å². The van der Waals surface area contributed by atoms with Crippen molar-refractivity contribution in [3.05, 3.63) is 93.4 Å². The summed E-state index contributed by atoms with van der Waals surface area (Å²) in [5, 5.41) is 22.1. The Morgan fingerprint density at radius 3 is 1.25 bits per heavy atom. The van der Waals surface area contributed by atoms with Crippen LogP contribution in [0.4, 0.5) is 11.6 Å². The lowest BCUT2D eigenvalue weighted by molar-refractivity contribution is -0.0435. The van der Waals surface area contributed by atoms with Crippen LogP contribution in [0.25, 0.3) is 32.3 Å². The van der Waals surface area contributed by atoms with Gasteiger partial charge in [-0.1, -0.05) is 78.5 Å².